The number of hydrogen-bond acceptors (Lipinski definition) is 4. The van der Waals surface area contributed by atoms with E-state index in [2.05, 4.69) is 15.7 Å². The molecular formula is C10H22O4S. The van der Waals surface area contributed by atoms with Crippen molar-refractivity contribution in [1.29, 1.82) is 1.43 Å². The standard InChI is InChI=1S/C10H22O4S/c1-2-3-4-5-6-7-8-9-10-14-15(11,12)13/h2-10H2,1H3,(H,11,12,13)/i/hD. The van der Waals surface area contributed by atoms with Crippen molar-refractivity contribution >= 4 is 10.4 Å². The summed E-state index contributed by atoms with van der Waals surface area (Å²) in [5, 5.41) is 0. The molecule has 0 heterocycles. The Labute approximate surface area is 94.5 Å². The molecule has 5 heteroatoms. The topological polar surface area (TPSA) is 63.6 Å². The summed E-state index contributed by atoms with van der Waals surface area (Å²) in [5.41, 5.74) is 0. The summed E-state index contributed by atoms with van der Waals surface area (Å²) in [6.07, 6.45) is 9.03. The van der Waals surface area contributed by atoms with Gasteiger partial charge in [0.15, 0.2) is 0 Å². The number of rotatable bonds is 11. The van der Waals surface area contributed by atoms with Crippen LogP contribution in [0.1, 0.15) is 58.3 Å². The lowest BCUT2D eigenvalue weighted by molar-refractivity contribution is 0.261. The molecule has 1 N–H and O–H groups in total. The highest BCUT2D eigenvalue weighted by Gasteiger charge is 2.02. The maximum absolute atomic E-state index is 10.6. The first-order valence-corrected chi connectivity index (χ1v) is 7.00. The summed E-state index contributed by atoms with van der Waals surface area (Å²) in [5.74, 6) is 0. The van der Waals surface area contributed by atoms with E-state index in [0.717, 1.165) is 12.8 Å². The third-order valence-corrected chi connectivity index (χ3v) is 2.68. The van der Waals surface area contributed by atoms with Crippen molar-refractivity contribution in [3.8, 4) is 0 Å². The second-order valence-corrected chi connectivity index (χ2v) is 4.76. The van der Waals surface area contributed by atoms with E-state index in [1.807, 2.05) is 0 Å². The van der Waals surface area contributed by atoms with Crippen LogP contribution in [0.3, 0.4) is 0 Å². The molecule has 0 saturated heterocycles. The van der Waals surface area contributed by atoms with Crippen LogP contribution in [0.15, 0.2) is 0 Å². The quantitative estimate of drug-likeness (QED) is 0.445. The average Bonchev–Trinajstić information content (AvgIpc) is 2.27. The third-order valence-electron chi connectivity index (χ3n) is 2.23. The van der Waals surface area contributed by atoms with E-state index < -0.39 is 10.4 Å². The van der Waals surface area contributed by atoms with Crippen LogP contribution in [0.25, 0.3) is 1.43 Å². The highest BCUT2D eigenvalue weighted by atomic mass is 32.3. The van der Waals surface area contributed by atoms with Crippen molar-refractivity contribution in [3.05, 3.63) is 0 Å². The van der Waals surface area contributed by atoms with Gasteiger partial charge >= 0.3 is 10.4 Å². The molecule has 0 aliphatic carbocycles. The van der Waals surface area contributed by atoms with Crippen LogP contribution >= 0.6 is 0 Å². The minimum Gasteiger partial charge on any atom is -0.264 e. The van der Waals surface area contributed by atoms with Gasteiger partial charge in [-0.25, -0.2) is 4.18 Å². The van der Waals surface area contributed by atoms with Crippen molar-refractivity contribution in [3.63, 3.8) is 0 Å². The molecule has 0 saturated carbocycles. The highest BCUT2D eigenvalue weighted by molar-refractivity contribution is 7.80. The number of unbranched alkanes of at least 4 members (excludes halogenated alkanes) is 7. The van der Waals surface area contributed by atoms with E-state index in [-0.39, 0.29) is 6.61 Å². The van der Waals surface area contributed by atoms with Gasteiger partial charge in [-0.05, 0) is 6.42 Å². The fourth-order valence-corrected chi connectivity index (χ4v) is 1.72. The van der Waals surface area contributed by atoms with Crippen molar-refractivity contribution in [1.82, 2.24) is 0 Å². The summed E-state index contributed by atoms with van der Waals surface area (Å²) in [4.78, 5) is 0. The van der Waals surface area contributed by atoms with E-state index in [4.69, 9.17) is 1.43 Å². The Bertz CT molecular complexity index is 241. The lowest BCUT2D eigenvalue weighted by Gasteiger charge is -2.01. The summed E-state index contributed by atoms with van der Waals surface area (Å²) >= 11 is 0. The zero-order chi connectivity index (χ0) is 12.3. The van der Waals surface area contributed by atoms with Gasteiger partial charge in [0, 0.05) is 0 Å². The van der Waals surface area contributed by atoms with Gasteiger partial charge in [-0.3, -0.25) is 4.56 Å². The molecule has 0 amide bonds. The minimum atomic E-state index is -4.06. The van der Waals surface area contributed by atoms with Crippen LogP contribution in [0.2, 0.25) is 0 Å². The first-order chi connectivity index (χ1) is 7.62. The van der Waals surface area contributed by atoms with E-state index >= 15 is 0 Å². The molecule has 0 aromatic heterocycles. The molecule has 0 aliphatic heterocycles. The molecule has 0 unspecified atom stereocenters. The van der Waals surface area contributed by atoms with E-state index in [1.165, 1.54) is 32.1 Å². The Hall–Kier alpha value is -0.130. The Morgan fingerprint density at radius 2 is 1.60 bits per heavy atom. The van der Waals surface area contributed by atoms with E-state index in [9.17, 15) is 8.42 Å². The molecule has 0 aliphatic rings. The van der Waals surface area contributed by atoms with Gasteiger partial charge < -0.3 is 0 Å². The predicted octanol–water partition coefficient (Wildman–Crippen LogP) is 2.95. The van der Waals surface area contributed by atoms with Crippen molar-refractivity contribution in [2.24, 2.45) is 0 Å². The van der Waals surface area contributed by atoms with Crippen LogP contribution in [0.5, 0.6) is 0 Å². The molecule has 0 aromatic carbocycles. The molecule has 0 fully saturated rings. The van der Waals surface area contributed by atoms with Gasteiger partial charge in [-0.1, -0.05) is 51.9 Å². The molecule has 4 nitrogen and oxygen atoms in total. The highest BCUT2D eigenvalue weighted by Crippen LogP contribution is 2.08. The molecule has 0 rings (SSSR count). The third kappa shape index (κ3) is 13.9. The van der Waals surface area contributed by atoms with Crippen LogP contribution in [0, 0.1) is 0 Å². The fourth-order valence-electron chi connectivity index (χ4n) is 1.40. The first kappa shape index (κ1) is 12.9. The van der Waals surface area contributed by atoms with Gasteiger partial charge in [-0.2, -0.15) is 8.42 Å². The van der Waals surface area contributed by atoms with E-state index in [0.29, 0.717) is 6.42 Å². The average molecular weight is 239 g/mol. The molecule has 0 atom stereocenters. The van der Waals surface area contributed by atoms with E-state index in [1.54, 1.807) is 0 Å². The Balaban J connectivity index is 3.16. The monoisotopic (exact) mass is 239 g/mol. The maximum Gasteiger partial charge on any atom is 0.397 e. The zero-order valence-electron chi connectivity index (χ0n) is 10.4. The number of hydrogen-bond donors (Lipinski definition) is 1. The van der Waals surface area contributed by atoms with Crippen molar-refractivity contribution in [2.75, 3.05) is 6.61 Å². The second-order valence-electron chi connectivity index (χ2n) is 3.71. The summed E-state index contributed by atoms with van der Waals surface area (Å²) in [6.45, 7) is 2.29. The van der Waals surface area contributed by atoms with Crippen LogP contribution in [-0.2, 0) is 14.6 Å². The SMILES string of the molecule is [2H]OS(=O)(=O)OCCCCCCCCCC. The molecule has 15 heavy (non-hydrogen) atoms. The lowest BCUT2D eigenvalue weighted by Crippen LogP contribution is -2.04. The maximum atomic E-state index is 10.6. The summed E-state index contributed by atoms with van der Waals surface area (Å²) in [7, 11) is -4.06. The Morgan fingerprint density at radius 1 is 1.07 bits per heavy atom. The Morgan fingerprint density at radius 3 is 2.13 bits per heavy atom. The first-order valence-electron chi connectivity index (χ1n) is 6.07. The molecule has 92 valence electrons. The van der Waals surface area contributed by atoms with Crippen LogP contribution < -0.4 is 0 Å². The molecule has 0 spiro atoms. The van der Waals surface area contributed by atoms with Gasteiger partial charge in [-0.15, -0.1) is 0 Å². The fraction of sp³-hybridized carbons (Fsp3) is 1.00. The molecular weight excluding hydrogens is 216 g/mol. The summed E-state index contributed by atoms with van der Waals surface area (Å²) < 4.78 is 35.1. The van der Waals surface area contributed by atoms with Gasteiger partial charge in [0.05, 0.1) is 6.61 Å². The largest absolute Gasteiger partial charge is 0.397 e. The lowest BCUT2D eigenvalue weighted by atomic mass is 10.1. The second kappa shape index (κ2) is 9.12. The van der Waals surface area contributed by atoms with Crippen molar-refractivity contribution in [2.45, 2.75) is 58.3 Å². The summed E-state index contributed by atoms with van der Waals surface area (Å²) in [6, 6.07) is 0. The molecule has 0 bridgehead atoms. The predicted molar refractivity (Wildman–Crippen MR) is 60.1 cm³/mol. The normalized spacial score (nSPS) is 12.7. The smallest absolute Gasteiger partial charge is 0.264 e. The minimum absolute atomic E-state index is 0.107. The van der Waals surface area contributed by atoms with Crippen LogP contribution in [0.4, 0.5) is 0 Å². The zero-order valence-corrected chi connectivity index (χ0v) is 10.2. The van der Waals surface area contributed by atoms with Gasteiger partial charge in [0.2, 0.25) is 1.43 Å². The van der Waals surface area contributed by atoms with Crippen molar-refractivity contribution < 1.29 is 17.2 Å². The molecule has 0 radical (unpaired) electrons. The Kier molecular flexibility index (Phi) is 7.87. The van der Waals surface area contributed by atoms with Gasteiger partial charge in [0.1, 0.15) is 0 Å². The van der Waals surface area contributed by atoms with Crippen LogP contribution in [-0.4, -0.2) is 19.6 Å². The molecule has 0 aromatic rings. The van der Waals surface area contributed by atoms with Gasteiger partial charge in [0.25, 0.3) is 0 Å².